The molecule has 0 radical (unpaired) electrons. The van der Waals surface area contributed by atoms with Gasteiger partial charge in [0.05, 0.1) is 31.9 Å². The van der Waals surface area contributed by atoms with Crippen molar-refractivity contribution in [2.45, 2.75) is 52.7 Å². The van der Waals surface area contributed by atoms with E-state index in [2.05, 4.69) is 35.5 Å². The summed E-state index contributed by atoms with van der Waals surface area (Å²) < 4.78 is 17.0. The van der Waals surface area contributed by atoms with Gasteiger partial charge in [-0.05, 0) is 58.2 Å². The van der Waals surface area contributed by atoms with Crippen LogP contribution in [0.4, 0.5) is 0 Å². The van der Waals surface area contributed by atoms with E-state index in [0.29, 0.717) is 19.8 Å². The Hall–Kier alpha value is -1.95. The highest BCUT2D eigenvalue weighted by Crippen LogP contribution is 2.30. The minimum absolute atomic E-state index is 0.0900. The number of ether oxygens (including phenoxy) is 3. The van der Waals surface area contributed by atoms with Crippen LogP contribution < -0.4 is 20.1 Å². The molecule has 2 unspecified atom stereocenters. The first-order chi connectivity index (χ1) is 12.7. The summed E-state index contributed by atoms with van der Waals surface area (Å²) in [4.78, 5) is 4.68. The van der Waals surface area contributed by atoms with Crippen molar-refractivity contribution in [1.29, 1.82) is 0 Å². The highest BCUT2D eigenvalue weighted by atomic mass is 16.5. The molecule has 0 bridgehead atoms. The molecule has 6 heteroatoms. The molecule has 0 spiro atoms. The van der Waals surface area contributed by atoms with Crippen molar-refractivity contribution < 1.29 is 14.2 Å². The molecule has 146 valence electrons. The molecule has 1 aromatic rings. The monoisotopic (exact) mass is 363 g/mol. The lowest BCUT2D eigenvalue weighted by molar-refractivity contribution is 0.117. The number of nitrogens with one attached hydrogen (secondary N) is 2. The van der Waals surface area contributed by atoms with Crippen LogP contribution in [0.3, 0.4) is 0 Å². The number of benzene rings is 1. The summed E-state index contributed by atoms with van der Waals surface area (Å²) in [5.74, 6) is 2.37. The van der Waals surface area contributed by atoms with Crippen LogP contribution in [0, 0.1) is 0 Å². The summed E-state index contributed by atoms with van der Waals surface area (Å²) in [6.45, 7) is 11.7. The van der Waals surface area contributed by atoms with E-state index in [1.54, 1.807) is 0 Å². The summed E-state index contributed by atoms with van der Waals surface area (Å²) in [7, 11) is 0. The lowest BCUT2D eigenvalue weighted by atomic mass is 10.1. The smallest absolute Gasteiger partial charge is 0.191 e. The molecule has 0 aromatic heterocycles. The highest BCUT2D eigenvalue weighted by molar-refractivity contribution is 5.80. The van der Waals surface area contributed by atoms with Crippen LogP contribution in [0.2, 0.25) is 0 Å². The van der Waals surface area contributed by atoms with Crippen LogP contribution in [0.5, 0.6) is 11.5 Å². The first-order valence-corrected chi connectivity index (χ1v) is 9.73. The Labute approximate surface area is 157 Å². The van der Waals surface area contributed by atoms with Crippen molar-refractivity contribution in [3.05, 3.63) is 23.8 Å². The van der Waals surface area contributed by atoms with Crippen LogP contribution in [0.25, 0.3) is 0 Å². The van der Waals surface area contributed by atoms with E-state index in [1.807, 2.05) is 26.0 Å². The zero-order valence-corrected chi connectivity index (χ0v) is 16.5. The lowest BCUT2D eigenvalue weighted by Gasteiger charge is -2.20. The van der Waals surface area contributed by atoms with Gasteiger partial charge in [0.15, 0.2) is 17.5 Å². The van der Waals surface area contributed by atoms with Gasteiger partial charge in [-0.3, -0.25) is 4.99 Å². The van der Waals surface area contributed by atoms with E-state index in [1.165, 1.54) is 0 Å². The molecule has 1 aliphatic rings. The van der Waals surface area contributed by atoms with Gasteiger partial charge in [-0.1, -0.05) is 6.07 Å². The first kappa shape index (κ1) is 20.4. The lowest BCUT2D eigenvalue weighted by Crippen LogP contribution is -2.39. The van der Waals surface area contributed by atoms with Gasteiger partial charge in [0.25, 0.3) is 0 Å². The average Bonchev–Trinajstić information content (AvgIpc) is 3.15. The van der Waals surface area contributed by atoms with Crippen molar-refractivity contribution in [3.8, 4) is 11.5 Å². The maximum Gasteiger partial charge on any atom is 0.191 e. The molecular weight excluding hydrogens is 330 g/mol. The summed E-state index contributed by atoms with van der Waals surface area (Å²) in [5, 5.41) is 6.77. The Morgan fingerprint density at radius 1 is 1.23 bits per heavy atom. The van der Waals surface area contributed by atoms with E-state index >= 15 is 0 Å². The number of hydrogen-bond donors (Lipinski definition) is 2. The van der Waals surface area contributed by atoms with E-state index in [9.17, 15) is 0 Å². The van der Waals surface area contributed by atoms with Crippen LogP contribution in [0.15, 0.2) is 23.2 Å². The third kappa shape index (κ3) is 6.09. The standard InChI is InChI=1S/C20H33N3O3/c1-5-21-20(22-14-17-9-8-12-26-17)23-15(4)16-10-11-18(24-6-2)19(13-16)25-7-3/h10-11,13,15,17H,5-9,12,14H2,1-4H3,(H2,21,22,23). The molecule has 26 heavy (non-hydrogen) atoms. The van der Waals surface area contributed by atoms with Crippen molar-refractivity contribution in [1.82, 2.24) is 10.6 Å². The molecule has 2 N–H and O–H groups in total. The zero-order chi connectivity index (χ0) is 18.8. The third-order valence-corrected chi connectivity index (χ3v) is 4.24. The molecule has 2 atom stereocenters. The second-order valence-electron chi connectivity index (χ2n) is 6.29. The summed E-state index contributed by atoms with van der Waals surface area (Å²) >= 11 is 0. The molecular formula is C20H33N3O3. The summed E-state index contributed by atoms with van der Waals surface area (Å²) in [6, 6.07) is 6.16. The second kappa shape index (κ2) is 10.9. The number of guanidine groups is 1. The fourth-order valence-corrected chi connectivity index (χ4v) is 2.93. The van der Waals surface area contributed by atoms with Crippen LogP contribution in [-0.2, 0) is 4.74 Å². The van der Waals surface area contributed by atoms with Crippen molar-refractivity contribution in [2.75, 3.05) is 32.9 Å². The number of nitrogens with zero attached hydrogens (tertiary/aromatic N) is 1. The maximum absolute atomic E-state index is 5.73. The Kier molecular flexibility index (Phi) is 8.54. The van der Waals surface area contributed by atoms with Crippen LogP contribution in [0.1, 0.15) is 52.1 Å². The predicted molar refractivity (Wildman–Crippen MR) is 105 cm³/mol. The Bertz CT molecular complexity index is 571. The Morgan fingerprint density at radius 3 is 2.65 bits per heavy atom. The Morgan fingerprint density at radius 2 is 2.00 bits per heavy atom. The van der Waals surface area contributed by atoms with Crippen molar-refractivity contribution >= 4 is 5.96 Å². The maximum atomic E-state index is 5.73. The van der Waals surface area contributed by atoms with Gasteiger partial charge in [-0.25, -0.2) is 0 Å². The predicted octanol–water partition coefficient (Wildman–Crippen LogP) is 3.28. The quantitative estimate of drug-likeness (QED) is 0.521. The fraction of sp³-hybridized carbons (Fsp3) is 0.650. The molecule has 1 aromatic carbocycles. The van der Waals surface area contributed by atoms with Gasteiger partial charge < -0.3 is 24.8 Å². The molecule has 1 heterocycles. The van der Waals surface area contributed by atoms with Gasteiger partial charge in [0, 0.05) is 13.2 Å². The molecule has 6 nitrogen and oxygen atoms in total. The first-order valence-electron chi connectivity index (χ1n) is 9.73. The normalized spacial score (nSPS) is 18.5. The third-order valence-electron chi connectivity index (χ3n) is 4.24. The van der Waals surface area contributed by atoms with E-state index in [0.717, 1.165) is 49.0 Å². The van der Waals surface area contributed by atoms with Crippen LogP contribution >= 0.6 is 0 Å². The molecule has 1 aliphatic heterocycles. The second-order valence-corrected chi connectivity index (χ2v) is 6.29. The van der Waals surface area contributed by atoms with E-state index in [-0.39, 0.29) is 12.1 Å². The highest BCUT2D eigenvalue weighted by Gasteiger charge is 2.16. The van der Waals surface area contributed by atoms with Gasteiger partial charge >= 0.3 is 0 Å². The van der Waals surface area contributed by atoms with Gasteiger partial charge in [0.2, 0.25) is 0 Å². The minimum Gasteiger partial charge on any atom is -0.490 e. The molecule has 1 saturated heterocycles. The molecule has 0 amide bonds. The fourth-order valence-electron chi connectivity index (χ4n) is 2.93. The van der Waals surface area contributed by atoms with Crippen molar-refractivity contribution in [2.24, 2.45) is 4.99 Å². The molecule has 2 rings (SSSR count). The molecule has 0 saturated carbocycles. The van der Waals surface area contributed by atoms with Gasteiger partial charge in [-0.15, -0.1) is 0 Å². The average molecular weight is 364 g/mol. The summed E-state index contributed by atoms with van der Waals surface area (Å²) in [6.07, 6.45) is 2.47. The SMILES string of the molecule is CCNC(=NCC1CCCO1)NC(C)c1ccc(OCC)c(OCC)c1. The number of aliphatic imine (C=N–C) groups is 1. The van der Waals surface area contributed by atoms with E-state index in [4.69, 9.17) is 14.2 Å². The molecule has 1 fully saturated rings. The van der Waals surface area contributed by atoms with Gasteiger partial charge in [-0.2, -0.15) is 0 Å². The topological polar surface area (TPSA) is 64.1 Å². The number of hydrogen-bond acceptors (Lipinski definition) is 4. The Balaban J connectivity index is 2.05. The van der Waals surface area contributed by atoms with Crippen molar-refractivity contribution in [3.63, 3.8) is 0 Å². The number of rotatable bonds is 9. The van der Waals surface area contributed by atoms with Crippen LogP contribution in [-0.4, -0.2) is 45.0 Å². The van der Waals surface area contributed by atoms with Gasteiger partial charge in [0.1, 0.15) is 0 Å². The summed E-state index contributed by atoms with van der Waals surface area (Å²) in [5.41, 5.74) is 1.12. The van der Waals surface area contributed by atoms with E-state index < -0.39 is 0 Å². The zero-order valence-electron chi connectivity index (χ0n) is 16.5. The largest absolute Gasteiger partial charge is 0.490 e. The minimum atomic E-state index is 0.0900. The molecule has 0 aliphatic carbocycles.